The number of halogens is 6. The van der Waals surface area contributed by atoms with Crippen LogP contribution in [0.15, 0.2) is 24.3 Å². The molecular weight excluding hydrogens is 947 g/mol. The van der Waals surface area contributed by atoms with Crippen molar-refractivity contribution < 1.29 is 64.5 Å². The Kier molecular flexibility index (Phi) is 16.9. The highest BCUT2D eigenvalue weighted by atomic mass is 19.4. The Bertz CT molecular complexity index is 2310. The van der Waals surface area contributed by atoms with Crippen molar-refractivity contribution in [1.82, 2.24) is 15.1 Å². The van der Waals surface area contributed by atoms with Crippen LogP contribution in [0.25, 0.3) is 0 Å². The summed E-state index contributed by atoms with van der Waals surface area (Å²) in [6, 6.07) is 3.61. The lowest BCUT2D eigenvalue weighted by Gasteiger charge is -2.42. The minimum atomic E-state index is -4.81. The van der Waals surface area contributed by atoms with Crippen LogP contribution in [0.5, 0.6) is 11.5 Å². The molecule has 12 nitrogen and oxygen atoms in total. The van der Waals surface area contributed by atoms with Gasteiger partial charge in [0.2, 0.25) is 0 Å². The SMILES string of the molecule is CCCC1C(=O)C2(CCCC2)Oc2cc(C(F)(F)F)c(C(=O)N(C(C)C)C3CCCCC3)cc21.COC(=O)NCCN1C(=O)C2(CCCC2)Oc2cc(C(F)(F)F)c(C(=O)N(C(C)C)C3CCCCC3)cc21. The molecule has 6 aliphatic rings. The fourth-order valence-electron chi connectivity index (χ4n) is 12.3. The number of hydrogen-bond acceptors (Lipinski definition) is 8. The standard InChI is InChI=1S/C27H36F3N3O5.C27H36F3NO3/c1-17(2)33(18-9-5-4-6-10-18)23(34)19-15-21-22(16-20(19)27(28,29)30)38-26(11-7-8-12-26)24(35)32(21)14-13-31-25(36)37-3;1-4-10-19-20-15-21(25(33)31(17(2)3)18-11-6-5-7-12-18)22(27(28,29)30)16-23(20)34-26(24(19)32)13-8-9-14-26/h15-18H,4-14H2,1-3H3,(H,31,36);15-19H,4-14H2,1-3H3. The summed E-state index contributed by atoms with van der Waals surface area (Å²) >= 11 is 0. The molecule has 8 rings (SSSR count). The van der Waals surface area contributed by atoms with Crippen LogP contribution in [0.4, 0.5) is 36.8 Å². The van der Waals surface area contributed by atoms with Gasteiger partial charge >= 0.3 is 18.4 Å². The molecule has 2 aromatic carbocycles. The van der Waals surface area contributed by atoms with E-state index in [-0.39, 0.29) is 71.7 Å². The zero-order valence-electron chi connectivity index (χ0n) is 42.6. The number of carbonyl (C=O) groups excluding carboxylic acids is 5. The van der Waals surface area contributed by atoms with Crippen molar-refractivity contribution in [3.05, 3.63) is 52.1 Å². The van der Waals surface area contributed by atoms with Crippen molar-refractivity contribution in [2.45, 2.75) is 217 Å². The van der Waals surface area contributed by atoms with Gasteiger partial charge in [0.15, 0.2) is 17.0 Å². The molecule has 2 heterocycles. The Balaban J connectivity index is 0.000000213. The highest BCUT2D eigenvalue weighted by Crippen LogP contribution is 2.51. The van der Waals surface area contributed by atoms with E-state index in [1.54, 1.807) is 23.6 Å². The molecule has 4 saturated carbocycles. The maximum atomic E-state index is 14.4. The first kappa shape index (κ1) is 54.7. The molecule has 4 amide bonds. The number of rotatable bonds is 11. The van der Waals surface area contributed by atoms with Gasteiger partial charge in [-0.1, -0.05) is 51.9 Å². The van der Waals surface area contributed by atoms with Crippen LogP contribution in [0.3, 0.4) is 0 Å². The number of hydrogen-bond donors (Lipinski definition) is 1. The highest BCUT2D eigenvalue weighted by Gasteiger charge is 2.53. The minimum Gasteiger partial charge on any atom is -0.479 e. The summed E-state index contributed by atoms with van der Waals surface area (Å²) < 4.78 is 103. The number of fused-ring (bicyclic) bond motifs is 2. The van der Waals surface area contributed by atoms with Crippen molar-refractivity contribution in [2.75, 3.05) is 25.1 Å². The topological polar surface area (TPSA) is 135 Å². The monoisotopic (exact) mass is 1020 g/mol. The Hall–Kier alpha value is -5.03. The van der Waals surface area contributed by atoms with Crippen LogP contribution >= 0.6 is 0 Å². The van der Waals surface area contributed by atoms with Gasteiger partial charge in [-0.15, -0.1) is 0 Å². The molecule has 2 spiro atoms. The zero-order chi connectivity index (χ0) is 52.3. The number of Topliss-reactive ketones (excluding diaryl/α,β-unsaturated/α-hetero) is 1. The second-order valence-corrected chi connectivity index (χ2v) is 21.2. The molecule has 0 bridgehead atoms. The van der Waals surface area contributed by atoms with Gasteiger partial charge in [-0.05, 0) is 135 Å². The average Bonchev–Trinajstić information content (AvgIpc) is 4.02. The molecule has 398 valence electrons. The van der Waals surface area contributed by atoms with Gasteiger partial charge in [-0.3, -0.25) is 19.2 Å². The van der Waals surface area contributed by atoms with Crippen LogP contribution in [0.2, 0.25) is 0 Å². The van der Waals surface area contributed by atoms with Gasteiger partial charge in [-0.25, -0.2) is 4.79 Å². The van der Waals surface area contributed by atoms with E-state index in [0.29, 0.717) is 50.5 Å². The number of anilines is 1. The molecule has 2 aromatic rings. The lowest BCUT2D eigenvalue weighted by atomic mass is 9.77. The Labute approximate surface area is 419 Å². The summed E-state index contributed by atoms with van der Waals surface area (Å²) in [5, 5.41) is 2.51. The zero-order valence-corrected chi connectivity index (χ0v) is 42.6. The lowest BCUT2D eigenvalue weighted by Crippen LogP contribution is -2.56. The van der Waals surface area contributed by atoms with Crippen LogP contribution in [-0.4, -0.2) is 95.0 Å². The molecule has 18 heteroatoms. The molecule has 2 aliphatic heterocycles. The van der Waals surface area contributed by atoms with Crippen LogP contribution < -0.4 is 19.7 Å². The van der Waals surface area contributed by atoms with Crippen LogP contribution in [0, 0.1) is 0 Å². The van der Waals surface area contributed by atoms with E-state index < -0.39 is 64.1 Å². The molecular formula is C54H72F6N4O8. The molecule has 1 N–H and O–H groups in total. The van der Waals surface area contributed by atoms with E-state index in [1.165, 1.54) is 18.1 Å². The van der Waals surface area contributed by atoms with E-state index in [9.17, 15) is 50.3 Å². The first-order chi connectivity index (χ1) is 34.1. The number of nitrogens with one attached hydrogen (secondary N) is 1. The number of benzene rings is 2. The van der Waals surface area contributed by atoms with Gasteiger partial charge in [0.25, 0.3) is 17.7 Å². The van der Waals surface area contributed by atoms with Crippen molar-refractivity contribution in [1.29, 1.82) is 0 Å². The van der Waals surface area contributed by atoms with E-state index >= 15 is 0 Å². The van der Waals surface area contributed by atoms with Crippen LogP contribution in [0.1, 0.15) is 206 Å². The summed E-state index contributed by atoms with van der Waals surface area (Å²) in [6.45, 7) is 9.28. The summed E-state index contributed by atoms with van der Waals surface area (Å²) in [7, 11) is 1.21. The summed E-state index contributed by atoms with van der Waals surface area (Å²) in [5.74, 6) is -2.21. The number of ketones is 1. The largest absolute Gasteiger partial charge is 0.479 e. The first-order valence-electron chi connectivity index (χ1n) is 26.3. The first-order valence-corrected chi connectivity index (χ1v) is 26.3. The maximum absolute atomic E-state index is 14.4. The van der Waals surface area contributed by atoms with Gasteiger partial charge in [0.05, 0.1) is 41.0 Å². The number of alkyl halides is 6. The van der Waals surface area contributed by atoms with Crippen molar-refractivity contribution in [3.8, 4) is 11.5 Å². The van der Waals surface area contributed by atoms with Gasteiger partial charge in [-0.2, -0.15) is 26.3 Å². The normalized spacial score (nSPS) is 20.9. The fourth-order valence-corrected chi connectivity index (χ4v) is 12.3. The molecule has 0 radical (unpaired) electrons. The third-order valence-electron chi connectivity index (χ3n) is 15.7. The number of nitrogens with zero attached hydrogens (tertiary/aromatic N) is 3. The lowest BCUT2D eigenvalue weighted by molar-refractivity contribution is -0.140. The van der Waals surface area contributed by atoms with Gasteiger partial charge < -0.3 is 34.2 Å². The Morgan fingerprint density at radius 1 is 0.694 bits per heavy atom. The Morgan fingerprint density at radius 3 is 1.61 bits per heavy atom. The van der Waals surface area contributed by atoms with Gasteiger partial charge in [0, 0.05) is 42.8 Å². The van der Waals surface area contributed by atoms with Gasteiger partial charge in [0.1, 0.15) is 11.5 Å². The summed E-state index contributed by atoms with van der Waals surface area (Å²) in [5.41, 5.74) is -4.62. The Morgan fingerprint density at radius 2 is 1.15 bits per heavy atom. The molecule has 72 heavy (non-hydrogen) atoms. The number of amides is 4. The second kappa shape index (κ2) is 22.2. The molecule has 0 aromatic heterocycles. The van der Waals surface area contributed by atoms with E-state index in [4.69, 9.17) is 9.47 Å². The maximum Gasteiger partial charge on any atom is 0.417 e. The quantitative estimate of drug-likeness (QED) is 0.220. The molecule has 0 saturated heterocycles. The fraction of sp³-hybridized carbons (Fsp3) is 0.685. The van der Waals surface area contributed by atoms with E-state index in [2.05, 4.69) is 10.1 Å². The highest BCUT2D eigenvalue weighted by molar-refractivity contribution is 6.06. The predicted octanol–water partition coefficient (Wildman–Crippen LogP) is 12.3. The third-order valence-corrected chi connectivity index (χ3v) is 15.7. The molecule has 4 aliphatic carbocycles. The molecule has 1 atom stereocenters. The summed E-state index contributed by atoms with van der Waals surface area (Å²) in [4.78, 5) is 70.8. The van der Waals surface area contributed by atoms with Crippen molar-refractivity contribution >= 4 is 35.3 Å². The van der Waals surface area contributed by atoms with E-state index in [1.807, 2.05) is 20.8 Å². The smallest absolute Gasteiger partial charge is 0.417 e. The number of ether oxygens (including phenoxy) is 3. The predicted molar refractivity (Wildman–Crippen MR) is 258 cm³/mol. The summed E-state index contributed by atoms with van der Waals surface area (Å²) in [6.07, 6.45) is 4.98. The van der Waals surface area contributed by atoms with Crippen LogP contribution in [-0.2, 0) is 26.7 Å². The number of alkyl carbamates (subject to hydrolysis) is 1. The molecule has 1 unspecified atom stereocenters. The van der Waals surface area contributed by atoms with E-state index in [0.717, 1.165) is 102 Å². The minimum absolute atomic E-state index is 0.0123. The number of methoxy groups -OCH3 is 1. The number of carbonyl (C=O) groups is 5. The van der Waals surface area contributed by atoms with Crippen molar-refractivity contribution in [3.63, 3.8) is 0 Å². The molecule has 4 fully saturated rings. The third kappa shape index (κ3) is 11.2. The van der Waals surface area contributed by atoms with Crippen molar-refractivity contribution in [2.24, 2.45) is 0 Å². The second-order valence-electron chi connectivity index (χ2n) is 21.2. The average molecular weight is 1020 g/mol.